The SMILES string of the molecule is CCCCCCc1ccc(C=C[N+](=O)[O-])cc1. The van der Waals surface area contributed by atoms with Gasteiger partial charge in [-0.15, -0.1) is 0 Å². The normalized spacial score (nSPS) is 10.9. The molecule has 0 aliphatic heterocycles. The largest absolute Gasteiger partial charge is 0.259 e. The molecule has 0 saturated carbocycles. The Morgan fingerprint density at radius 1 is 1.18 bits per heavy atom. The fraction of sp³-hybridized carbons (Fsp3) is 0.429. The quantitative estimate of drug-likeness (QED) is 0.405. The van der Waals surface area contributed by atoms with E-state index >= 15 is 0 Å². The highest BCUT2D eigenvalue weighted by atomic mass is 16.6. The van der Waals surface area contributed by atoms with Gasteiger partial charge in [0.2, 0.25) is 6.20 Å². The third-order valence-corrected chi connectivity index (χ3v) is 2.69. The molecule has 0 aliphatic rings. The fourth-order valence-corrected chi connectivity index (χ4v) is 1.70. The van der Waals surface area contributed by atoms with Gasteiger partial charge in [-0.2, -0.15) is 0 Å². The molecular formula is C14H19NO2. The molecule has 0 unspecified atom stereocenters. The molecule has 0 radical (unpaired) electrons. The Morgan fingerprint density at radius 2 is 1.88 bits per heavy atom. The minimum Gasteiger partial charge on any atom is -0.259 e. The van der Waals surface area contributed by atoms with Gasteiger partial charge in [0.1, 0.15) is 0 Å². The molecule has 0 spiro atoms. The van der Waals surface area contributed by atoms with Crippen LogP contribution in [-0.2, 0) is 6.42 Å². The summed E-state index contributed by atoms with van der Waals surface area (Å²) in [6.45, 7) is 2.20. The van der Waals surface area contributed by atoms with E-state index in [2.05, 4.69) is 6.92 Å². The van der Waals surface area contributed by atoms with Crippen molar-refractivity contribution < 1.29 is 4.92 Å². The second-order valence-electron chi connectivity index (χ2n) is 4.15. The number of unbranched alkanes of at least 4 members (excludes halogenated alkanes) is 3. The summed E-state index contributed by atoms with van der Waals surface area (Å²) in [6.07, 6.45) is 8.63. The van der Waals surface area contributed by atoms with E-state index in [1.165, 1.54) is 37.3 Å². The van der Waals surface area contributed by atoms with E-state index in [-0.39, 0.29) is 0 Å². The first kappa shape index (κ1) is 13.4. The summed E-state index contributed by atoms with van der Waals surface area (Å²) in [5, 5.41) is 10.2. The summed E-state index contributed by atoms with van der Waals surface area (Å²) in [5.74, 6) is 0. The Morgan fingerprint density at radius 3 is 2.47 bits per heavy atom. The highest BCUT2D eigenvalue weighted by Gasteiger charge is 1.95. The fourth-order valence-electron chi connectivity index (χ4n) is 1.70. The predicted octanol–water partition coefficient (Wildman–Crippen LogP) is 4.06. The van der Waals surface area contributed by atoms with Crippen LogP contribution in [0.4, 0.5) is 0 Å². The van der Waals surface area contributed by atoms with Crippen molar-refractivity contribution in [2.24, 2.45) is 0 Å². The van der Waals surface area contributed by atoms with E-state index < -0.39 is 4.92 Å². The Labute approximate surface area is 102 Å². The van der Waals surface area contributed by atoms with E-state index in [1.54, 1.807) is 0 Å². The number of benzene rings is 1. The molecule has 1 aromatic carbocycles. The number of nitro groups is 1. The molecule has 0 aliphatic carbocycles. The van der Waals surface area contributed by atoms with E-state index in [0.717, 1.165) is 18.2 Å². The topological polar surface area (TPSA) is 43.1 Å². The van der Waals surface area contributed by atoms with Gasteiger partial charge in [-0.1, -0.05) is 50.5 Å². The first-order chi connectivity index (χ1) is 8.22. The highest BCUT2D eigenvalue weighted by Crippen LogP contribution is 2.10. The minimum absolute atomic E-state index is 0.446. The molecule has 0 heterocycles. The lowest BCUT2D eigenvalue weighted by Gasteiger charge is -2.01. The van der Waals surface area contributed by atoms with Crippen molar-refractivity contribution in [1.29, 1.82) is 0 Å². The number of nitrogens with zero attached hydrogens (tertiary/aromatic N) is 1. The van der Waals surface area contributed by atoms with Crippen molar-refractivity contribution in [3.8, 4) is 0 Å². The second-order valence-corrected chi connectivity index (χ2v) is 4.15. The number of hydrogen-bond acceptors (Lipinski definition) is 2. The van der Waals surface area contributed by atoms with Crippen LogP contribution >= 0.6 is 0 Å². The Balaban J connectivity index is 2.42. The Bertz CT molecular complexity index is 368. The maximum absolute atomic E-state index is 10.2. The van der Waals surface area contributed by atoms with Crippen molar-refractivity contribution in [1.82, 2.24) is 0 Å². The monoisotopic (exact) mass is 233 g/mol. The molecule has 1 aromatic rings. The van der Waals surface area contributed by atoms with Crippen molar-refractivity contribution >= 4 is 6.08 Å². The van der Waals surface area contributed by atoms with Crippen molar-refractivity contribution in [2.45, 2.75) is 39.0 Å². The average molecular weight is 233 g/mol. The van der Waals surface area contributed by atoms with Crippen LogP contribution in [0.5, 0.6) is 0 Å². The minimum atomic E-state index is -0.446. The predicted molar refractivity (Wildman–Crippen MR) is 70.3 cm³/mol. The molecule has 3 heteroatoms. The Kier molecular flexibility index (Phi) is 6.00. The van der Waals surface area contributed by atoms with Gasteiger partial charge in [-0.25, -0.2) is 0 Å². The van der Waals surface area contributed by atoms with Gasteiger partial charge in [0, 0.05) is 6.08 Å². The lowest BCUT2D eigenvalue weighted by atomic mass is 10.0. The first-order valence-corrected chi connectivity index (χ1v) is 6.13. The lowest BCUT2D eigenvalue weighted by Crippen LogP contribution is -1.86. The summed E-state index contributed by atoms with van der Waals surface area (Å²) in [5.41, 5.74) is 2.18. The summed E-state index contributed by atoms with van der Waals surface area (Å²) < 4.78 is 0. The van der Waals surface area contributed by atoms with Crippen LogP contribution in [0.15, 0.2) is 30.5 Å². The number of aryl methyl sites for hydroxylation is 1. The molecule has 17 heavy (non-hydrogen) atoms. The third kappa shape index (κ3) is 5.85. The zero-order valence-corrected chi connectivity index (χ0v) is 10.3. The van der Waals surface area contributed by atoms with Gasteiger partial charge >= 0.3 is 0 Å². The summed E-state index contributed by atoms with van der Waals surface area (Å²) in [4.78, 5) is 9.72. The van der Waals surface area contributed by atoms with E-state index in [0.29, 0.717) is 0 Å². The summed E-state index contributed by atoms with van der Waals surface area (Å²) >= 11 is 0. The maximum atomic E-state index is 10.2. The molecule has 3 nitrogen and oxygen atoms in total. The van der Waals surface area contributed by atoms with E-state index in [4.69, 9.17) is 0 Å². The molecule has 0 atom stereocenters. The molecule has 0 amide bonds. The van der Waals surface area contributed by atoms with E-state index in [1.807, 2.05) is 24.3 Å². The summed E-state index contributed by atoms with van der Waals surface area (Å²) in [6, 6.07) is 7.95. The van der Waals surface area contributed by atoms with Crippen molar-refractivity contribution in [3.63, 3.8) is 0 Å². The number of rotatable bonds is 7. The molecule has 0 fully saturated rings. The van der Waals surface area contributed by atoms with Gasteiger partial charge in [0.25, 0.3) is 0 Å². The van der Waals surface area contributed by atoms with Gasteiger partial charge in [0.15, 0.2) is 0 Å². The van der Waals surface area contributed by atoms with Crippen molar-refractivity contribution in [3.05, 3.63) is 51.7 Å². The van der Waals surface area contributed by atoms with Gasteiger partial charge < -0.3 is 0 Å². The maximum Gasteiger partial charge on any atom is 0.235 e. The summed E-state index contributed by atoms with van der Waals surface area (Å²) in [7, 11) is 0. The van der Waals surface area contributed by atoms with Crippen LogP contribution in [0.2, 0.25) is 0 Å². The van der Waals surface area contributed by atoms with Crippen LogP contribution in [0.1, 0.15) is 43.7 Å². The van der Waals surface area contributed by atoms with Crippen LogP contribution in [-0.4, -0.2) is 4.92 Å². The number of hydrogen-bond donors (Lipinski definition) is 0. The molecular weight excluding hydrogens is 214 g/mol. The third-order valence-electron chi connectivity index (χ3n) is 2.69. The molecule has 0 aromatic heterocycles. The highest BCUT2D eigenvalue weighted by molar-refractivity contribution is 5.48. The first-order valence-electron chi connectivity index (χ1n) is 6.13. The van der Waals surface area contributed by atoms with Gasteiger partial charge in [-0.3, -0.25) is 10.1 Å². The van der Waals surface area contributed by atoms with Gasteiger partial charge in [-0.05, 0) is 24.0 Å². The standard InChI is InChI=1S/C14H19NO2/c1-2-3-4-5-6-13-7-9-14(10-8-13)11-12-15(16)17/h7-12H,2-6H2,1H3. The molecule has 0 N–H and O–H groups in total. The van der Waals surface area contributed by atoms with Crippen molar-refractivity contribution in [2.75, 3.05) is 0 Å². The smallest absolute Gasteiger partial charge is 0.235 e. The van der Waals surface area contributed by atoms with Crippen LogP contribution in [0.3, 0.4) is 0 Å². The molecule has 92 valence electrons. The van der Waals surface area contributed by atoms with Crippen LogP contribution < -0.4 is 0 Å². The zero-order valence-electron chi connectivity index (χ0n) is 10.3. The average Bonchev–Trinajstić information content (AvgIpc) is 2.33. The molecule has 0 saturated heterocycles. The zero-order chi connectivity index (χ0) is 12.5. The molecule has 1 rings (SSSR count). The molecule has 0 bridgehead atoms. The van der Waals surface area contributed by atoms with Gasteiger partial charge in [0.05, 0.1) is 4.92 Å². The van der Waals surface area contributed by atoms with Crippen LogP contribution in [0, 0.1) is 10.1 Å². The lowest BCUT2D eigenvalue weighted by molar-refractivity contribution is -0.400. The van der Waals surface area contributed by atoms with Crippen LogP contribution in [0.25, 0.3) is 6.08 Å². The van der Waals surface area contributed by atoms with E-state index in [9.17, 15) is 10.1 Å². The second kappa shape index (κ2) is 7.60. The Hall–Kier alpha value is -1.64.